The number of rotatable bonds is 3. The first kappa shape index (κ1) is 9.77. The van der Waals surface area contributed by atoms with E-state index >= 15 is 0 Å². The average molecular weight is 159 g/mol. The van der Waals surface area contributed by atoms with E-state index in [1.54, 1.807) is 26.6 Å². The van der Waals surface area contributed by atoms with Crippen LogP contribution < -0.4 is 10.8 Å². The van der Waals surface area contributed by atoms with Crippen LogP contribution in [0.4, 0.5) is 0 Å². The van der Waals surface area contributed by atoms with Crippen molar-refractivity contribution in [2.45, 2.75) is 0 Å². The minimum atomic E-state index is -0.290. The Kier molecular flexibility index (Phi) is 4.05. The Morgan fingerprint density at radius 3 is 2.36 bits per heavy atom. The van der Waals surface area contributed by atoms with Gasteiger partial charge in [0.05, 0.1) is 0 Å². The zero-order valence-electron chi connectivity index (χ0n) is 6.88. The molecule has 11 heavy (non-hydrogen) atoms. The summed E-state index contributed by atoms with van der Waals surface area (Å²) in [7, 11) is 4.84. The van der Waals surface area contributed by atoms with Crippen LogP contribution in [-0.4, -0.2) is 37.2 Å². The number of amides is 1. The third kappa shape index (κ3) is 2.90. The van der Waals surface area contributed by atoms with Gasteiger partial charge in [-0.15, -0.1) is 0 Å². The molecule has 1 amide bonds. The van der Waals surface area contributed by atoms with Gasteiger partial charge in [-0.05, 0) is 0 Å². The smallest absolute Gasteiger partial charge is 0.273 e. The summed E-state index contributed by atoms with van der Waals surface area (Å²) in [6.45, 7) is 0. The quantitative estimate of drug-likeness (QED) is 0.369. The fourth-order valence-corrected chi connectivity index (χ4v) is 0.527. The first-order chi connectivity index (χ1) is 5.13. The minimum Gasteiger partial charge on any atom is -0.392 e. The molecule has 0 aromatic carbocycles. The van der Waals surface area contributed by atoms with Crippen molar-refractivity contribution in [2.75, 3.05) is 21.1 Å². The van der Waals surface area contributed by atoms with Gasteiger partial charge in [-0.3, -0.25) is 15.5 Å². The normalized spacial score (nSPS) is 10.7. The minimum absolute atomic E-state index is 0.109. The standard InChI is InChI=1S/C6H13N3O2/c1-7-4-5(8-11)6(10)9(2)3/h4,7-8,11H,1-3H3/b5-4-. The summed E-state index contributed by atoms with van der Waals surface area (Å²) in [5.74, 6) is -0.290. The molecule has 0 spiro atoms. The molecule has 0 aliphatic rings. The third-order valence-corrected chi connectivity index (χ3v) is 1.05. The van der Waals surface area contributed by atoms with E-state index in [0.29, 0.717) is 0 Å². The summed E-state index contributed by atoms with van der Waals surface area (Å²) < 4.78 is 0. The molecule has 5 nitrogen and oxygen atoms in total. The van der Waals surface area contributed by atoms with Gasteiger partial charge in [0.15, 0.2) is 0 Å². The molecule has 0 fully saturated rings. The zero-order valence-corrected chi connectivity index (χ0v) is 6.88. The molecule has 5 heteroatoms. The highest BCUT2D eigenvalue weighted by Gasteiger charge is 2.09. The molecule has 0 rings (SSSR count). The van der Waals surface area contributed by atoms with E-state index in [9.17, 15) is 4.79 Å². The summed E-state index contributed by atoms with van der Waals surface area (Å²) in [6, 6.07) is 0. The zero-order chi connectivity index (χ0) is 8.85. The van der Waals surface area contributed by atoms with Crippen molar-refractivity contribution < 1.29 is 10.0 Å². The van der Waals surface area contributed by atoms with Crippen LogP contribution in [0.2, 0.25) is 0 Å². The maximum Gasteiger partial charge on any atom is 0.273 e. The number of carbonyl (C=O) groups is 1. The van der Waals surface area contributed by atoms with Crippen LogP contribution in [0.3, 0.4) is 0 Å². The second-order valence-electron chi connectivity index (χ2n) is 2.16. The van der Waals surface area contributed by atoms with Crippen LogP contribution >= 0.6 is 0 Å². The van der Waals surface area contributed by atoms with Gasteiger partial charge in [-0.1, -0.05) is 0 Å². The van der Waals surface area contributed by atoms with Gasteiger partial charge < -0.3 is 10.2 Å². The van der Waals surface area contributed by atoms with Crippen LogP contribution in [-0.2, 0) is 4.79 Å². The van der Waals surface area contributed by atoms with Gasteiger partial charge >= 0.3 is 0 Å². The highest BCUT2D eigenvalue weighted by Crippen LogP contribution is 1.90. The lowest BCUT2D eigenvalue weighted by molar-refractivity contribution is -0.126. The van der Waals surface area contributed by atoms with Gasteiger partial charge in [0.25, 0.3) is 5.91 Å². The Morgan fingerprint density at radius 2 is 2.09 bits per heavy atom. The number of hydroxylamine groups is 1. The SMILES string of the molecule is CN/C=C(\NO)C(=O)N(C)C. The van der Waals surface area contributed by atoms with Crippen molar-refractivity contribution in [1.29, 1.82) is 0 Å². The lowest BCUT2D eigenvalue weighted by Gasteiger charge is -2.11. The lowest BCUT2D eigenvalue weighted by atomic mass is 10.4. The molecule has 64 valence electrons. The molecule has 0 saturated heterocycles. The number of hydrogen-bond acceptors (Lipinski definition) is 4. The first-order valence-corrected chi connectivity index (χ1v) is 3.12. The van der Waals surface area contributed by atoms with Gasteiger partial charge in [0.2, 0.25) is 0 Å². The molecule has 0 heterocycles. The topological polar surface area (TPSA) is 64.6 Å². The van der Waals surface area contributed by atoms with Crippen LogP contribution in [0, 0.1) is 0 Å². The predicted molar refractivity (Wildman–Crippen MR) is 40.8 cm³/mol. The van der Waals surface area contributed by atoms with E-state index in [1.807, 2.05) is 0 Å². The molecule has 0 unspecified atom stereocenters. The number of carbonyl (C=O) groups excluding carboxylic acids is 1. The maximum atomic E-state index is 11.1. The van der Waals surface area contributed by atoms with E-state index in [1.165, 1.54) is 11.1 Å². The van der Waals surface area contributed by atoms with Crippen LogP contribution in [0.15, 0.2) is 11.9 Å². The number of nitrogens with zero attached hydrogens (tertiary/aromatic N) is 1. The van der Waals surface area contributed by atoms with Crippen molar-refractivity contribution in [2.24, 2.45) is 0 Å². The Labute approximate surface area is 65.6 Å². The fourth-order valence-electron chi connectivity index (χ4n) is 0.527. The van der Waals surface area contributed by atoms with Crippen molar-refractivity contribution in [3.8, 4) is 0 Å². The summed E-state index contributed by atoms with van der Waals surface area (Å²) >= 11 is 0. The van der Waals surface area contributed by atoms with E-state index in [0.717, 1.165) is 0 Å². The highest BCUT2D eigenvalue weighted by molar-refractivity contribution is 5.92. The molecule has 0 aromatic heterocycles. The molecule has 0 aliphatic carbocycles. The summed E-state index contributed by atoms with van der Waals surface area (Å²) in [4.78, 5) is 12.4. The molecular weight excluding hydrogens is 146 g/mol. The Balaban J connectivity index is 4.26. The van der Waals surface area contributed by atoms with E-state index < -0.39 is 0 Å². The van der Waals surface area contributed by atoms with Gasteiger partial charge in [-0.25, -0.2) is 0 Å². The number of hydrogen-bond donors (Lipinski definition) is 3. The Bertz CT molecular complexity index is 165. The molecule has 0 radical (unpaired) electrons. The average Bonchev–Trinajstić information content (AvgIpc) is 1.98. The second-order valence-corrected chi connectivity index (χ2v) is 2.16. The summed E-state index contributed by atoms with van der Waals surface area (Å²) in [6.07, 6.45) is 1.38. The monoisotopic (exact) mass is 159 g/mol. The van der Waals surface area contributed by atoms with Crippen LogP contribution in [0.5, 0.6) is 0 Å². The molecule has 0 aromatic rings. The van der Waals surface area contributed by atoms with E-state index in [-0.39, 0.29) is 11.6 Å². The molecule has 3 N–H and O–H groups in total. The van der Waals surface area contributed by atoms with E-state index in [4.69, 9.17) is 5.21 Å². The molecule has 0 atom stereocenters. The van der Waals surface area contributed by atoms with Crippen LogP contribution in [0.25, 0.3) is 0 Å². The predicted octanol–water partition coefficient (Wildman–Crippen LogP) is -0.886. The lowest BCUT2D eigenvalue weighted by Crippen LogP contribution is -2.30. The van der Waals surface area contributed by atoms with Crippen molar-refractivity contribution in [3.05, 3.63) is 11.9 Å². The number of nitrogens with one attached hydrogen (secondary N) is 2. The molecular formula is C6H13N3O2. The molecule has 0 aliphatic heterocycles. The second kappa shape index (κ2) is 4.56. The van der Waals surface area contributed by atoms with Crippen LogP contribution in [0.1, 0.15) is 0 Å². The largest absolute Gasteiger partial charge is 0.392 e. The van der Waals surface area contributed by atoms with Crippen molar-refractivity contribution in [1.82, 2.24) is 15.7 Å². The maximum absolute atomic E-state index is 11.1. The van der Waals surface area contributed by atoms with Gasteiger partial charge in [0.1, 0.15) is 5.70 Å². The van der Waals surface area contributed by atoms with Gasteiger partial charge in [0, 0.05) is 27.3 Å². The van der Waals surface area contributed by atoms with E-state index in [2.05, 4.69) is 5.32 Å². The Hall–Kier alpha value is -1.23. The molecule has 0 saturated carbocycles. The fraction of sp³-hybridized carbons (Fsp3) is 0.500. The Morgan fingerprint density at radius 1 is 1.55 bits per heavy atom. The highest BCUT2D eigenvalue weighted by atomic mass is 16.5. The van der Waals surface area contributed by atoms with Gasteiger partial charge in [-0.2, -0.15) is 0 Å². The third-order valence-electron chi connectivity index (χ3n) is 1.05. The van der Waals surface area contributed by atoms with Crippen molar-refractivity contribution in [3.63, 3.8) is 0 Å². The summed E-state index contributed by atoms with van der Waals surface area (Å²) in [5.41, 5.74) is 1.90. The first-order valence-electron chi connectivity index (χ1n) is 3.12. The number of likely N-dealkylation sites (N-methyl/N-ethyl adjacent to an activating group) is 1. The summed E-state index contributed by atoms with van der Waals surface area (Å²) in [5, 5.41) is 11.1. The molecule has 0 bridgehead atoms. The van der Waals surface area contributed by atoms with Crippen molar-refractivity contribution >= 4 is 5.91 Å².